The summed E-state index contributed by atoms with van der Waals surface area (Å²) in [6, 6.07) is 12.5. The zero-order valence-corrected chi connectivity index (χ0v) is 17.3. The van der Waals surface area contributed by atoms with Gasteiger partial charge in [-0.2, -0.15) is 0 Å². The lowest BCUT2D eigenvalue weighted by Gasteiger charge is -2.12. The smallest absolute Gasteiger partial charge is 0.294 e. The molecule has 27 heavy (non-hydrogen) atoms. The second-order valence-electron chi connectivity index (χ2n) is 5.80. The molecule has 0 radical (unpaired) electrons. The molecule has 0 unspecified atom stereocenters. The fourth-order valence-corrected chi connectivity index (χ4v) is 3.70. The molecule has 3 amide bonds. The minimum Gasteiger partial charge on any atom is -0.324 e. The third-order valence-corrected chi connectivity index (χ3v) is 5.99. The Morgan fingerprint density at radius 3 is 2.70 bits per heavy atom. The van der Waals surface area contributed by atoms with E-state index in [9.17, 15) is 14.4 Å². The molecule has 1 fully saturated rings. The Morgan fingerprint density at radius 1 is 1.26 bits per heavy atom. The molecular formula is C19H14BrClN2O3S. The molecule has 2 aromatic rings. The number of nitrogens with one attached hydrogen (secondary N) is 1. The van der Waals surface area contributed by atoms with Crippen LogP contribution in [-0.2, 0) is 9.59 Å². The average Bonchev–Trinajstić information content (AvgIpc) is 2.88. The standard InChI is InChI=1S/C19H14BrClN2O3S/c1-11-4-2-3-5-12(11)8-16-18(25)23(19(26)27-16)10-17(24)22-13-6-7-14(20)15(21)9-13/h2-9H,10H2,1H3,(H,22,24)/b16-8+. The van der Waals surface area contributed by atoms with Crippen LogP contribution in [0.4, 0.5) is 10.5 Å². The van der Waals surface area contributed by atoms with E-state index in [0.717, 1.165) is 27.8 Å². The van der Waals surface area contributed by atoms with Gasteiger partial charge in [-0.1, -0.05) is 35.9 Å². The van der Waals surface area contributed by atoms with Crippen LogP contribution in [0.1, 0.15) is 11.1 Å². The Balaban J connectivity index is 1.71. The van der Waals surface area contributed by atoms with Crippen molar-refractivity contribution in [1.82, 2.24) is 4.90 Å². The van der Waals surface area contributed by atoms with E-state index < -0.39 is 17.1 Å². The highest BCUT2D eigenvalue weighted by molar-refractivity contribution is 9.10. The maximum Gasteiger partial charge on any atom is 0.294 e. The number of halogens is 2. The van der Waals surface area contributed by atoms with Crippen LogP contribution in [0.15, 0.2) is 51.8 Å². The van der Waals surface area contributed by atoms with Gasteiger partial charge in [-0.05, 0) is 70.0 Å². The lowest BCUT2D eigenvalue weighted by atomic mass is 10.1. The number of hydrogen-bond acceptors (Lipinski definition) is 4. The number of benzene rings is 2. The fraction of sp³-hybridized carbons (Fsp3) is 0.105. The second-order valence-corrected chi connectivity index (χ2v) is 8.06. The van der Waals surface area contributed by atoms with Gasteiger partial charge in [0.2, 0.25) is 5.91 Å². The van der Waals surface area contributed by atoms with E-state index >= 15 is 0 Å². The van der Waals surface area contributed by atoms with E-state index in [2.05, 4.69) is 21.2 Å². The molecule has 0 spiro atoms. The third kappa shape index (κ3) is 4.61. The van der Waals surface area contributed by atoms with Gasteiger partial charge in [0.15, 0.2) is 0 Å². The first-order valence-electron chi connectivity index (χ1n) is 7.91. The van der Waals surface area contributed by atoms with E-state index in [-0.39, 0.29) is 6.54 Å². The van der Waals surface area contributed by atoms with Crippen molar-refractivity contribution >= 4 is 68.1 Å². The monoisotopic (exact) mass is 464 g/mol. The molecule has 0 atom stereocenters. The number of anilines is 1. The lowest BCUT2D eigenvalue weighted by Crippen LogP contribution is -2.36. The molecule has 1 N–H and O–H groups in total. The van der Waals surface area contributed by atoms with Gasteiger partial charge in [0.1, 0.15) is 6.54 Å². The molecule has 0 aliphatic carbocycles. The van der Waals surface area contributed by atoms with Crippen molar-refractivity contribution in [3.05, 3.63) is 68.0 Å². The Bertz CT molecular complexity index is 977. The van der Waals surface area contributed by atoms with Gasteiger partial charge in [-0.25, -0.2) is 0 Å². The summed E-state index contributed by atoms with van der Waals surface area (Å²) in [5.74, 6) is -0.954. The molecule has 1 saturated heterocycles. The van der Waals surface area contributed by atoms with Crippen LogP contribution in [0.5, 0.6) is 0 Å². The predicted molar refractivity (Wildman–Crippen MR) is 112 cm³/mol. The molecule has 0 aromatic heterocycles. The van der Waals surface area contributed by atoms with Gasteiger partial charge in [-0.15, -0.1) is 0 Å². The van der Waals surface area contributed by atoms with Crippen molar-refractivity contribution in [2.45, 2.75) is 6.92 Å². The van der Waals surface area contributed by atoms with Crippen LogP contribution in [0.2, 0.25) is 5.02 Å². The summed E-state index contributed by atoms with van der Waals surface area (Å²) >= 11 is 10.1. The maximum atomic E-state index is 12.5. The molecule has 138 valence electrons. The number of rotatable bonds is 4. The number of amides is 3. The SMILES string of the molecule is Cc1ccccc1/C=C1/SC(=O)N(CC(=O)Nc2ccc(Br)c(Cl)c2)C1=O. The van der Waals surface area contributed by atoms with Gasteiger partial charge in [0.05, 0.1) is 9.93 Å². The predicted octanol–water partition coefficient (Wildman–Crippen LogP) is 5.09. The van der Waals surface area contributed by atoms with Crippen molar-refractivity contribution in [1.29, 1.82) is 0 Å². The molecule has 5 nitrogen and oxygen atoms in total. The maximum absolute atomic E-state index is 12.5. The highest BCUT2D eigenvalue weighted by Gasteiger charge is 2.36. The summed E-state index contributed by atoms with van der Waals surface area (Å²) in [6.45, 7) is 1.57. The van der Waals surface area contributed by atoms with E-state index in [1.165, 1.54) is 0 Å². The van der Waals surface area contributed by atoms with Crippen molar-refractivity contribution in [3.8, 4) is 0 Å². The van der Waals surface area contributed by atoms with E-state index in [4.69, 9.17) is 11.6 Å². The first kappa shape index (κ1) is 19.7. The van der Waals surface area contributed by atoms with Crippen LogP contribution < -0.4 is 5.32 Å². The number of hydrogen-bond donors (Lipinski definition) is 1. The van der Waals surface area contributed by atoms with Gasteiger partial charge >= 0.3 is 0 Å². The Morgan fingerprint density at radius 2 is 2.00 bits per heavy atom. The second kappa shape index (κ2) is 8.29. The summed E-state index contributed by atoms with van der Waals surface area (Å²) in [5, 5.41) is 2.61. The first-order chi connectivity index (χ1) is 12.8. The van der Waals surface area contributed by atoms with Crippen molar-refractivity contribution < 1.29 is 14.4 Å². The Hall–Kier alpha value is -2.09. The molecule has 3 rings (SSSR count). The number of nitrogens with zero attached hydrogens (tertiary/aromatic N) is 1. The highest BCUT2D eigenvalue weighted by atomic mass is 79.9. The van der Waals surface area contributed by atoms with Crippen LogP contribution in [0, 0.1) is 6.92 Å². The largest absolute Gasteiger partial charge is 0.324 e. The molecule has 1 heterocycles. The highest BCUT2D eigenvalue weighted by Crippen LogP contribution is 2.32. The third-order valence-electron chi connectivity index (χ3n) is 3.85. The summed E-state index contributed by atoms with van der Waals surface area (Å²) in [5.41, 5.74) is 2.33. The molecular weight excluding hydrogens is 452 g/mol. The van der Waals surface area contributed by atoms with Crippen LogP contribution in [0.3, 0.4) is 0 Å². The minimum atomic E-state index is -0.479. The zero-order chi connectivity index (χ0) is 19.6. The van der Waals surface area contributed by atoms with Crippen LogP contribution >= 0.6 is 39.3 Å². The Labute approximate surface area is 173 Å². The zero-order valence-electron chi connectivity index (χ0n) is 14.2. The Kier molecular flexibility index (Phi) is 6.04. The van der Waals surface area contributed by atoms with Crippen molar-refractivity contribution in [2.75, 3.05) is 11.9 Å². The number of carbonyl (C=O) groups is 3. The number of imide groups is 1. The fourth-order valence-electron chi connectivity index (χ4n) is 2.44. The normalized spacial score (nSPS) is 15.5. The van der Waals surface area contributed by atoms with E-state index in [0.29, 0.717) is 20.1 Å². The van der Waals surface area contributed by atoms with E-state index in [1.807, 2.05) is 31.2 Å². The number of thioether (sulfide) groups is 1. The first-order valence-corrected chi connectivity index (χ1v) is 9.90. The molecule has 2 aromatic carbocycles. The molecule has 0 bridgehead atoms. The summed E-state index contributed by atoms with van der Waals surface area (Å²) in [7, 11) is 0. The average molecular weight is 466 g/mol. The van der Waals surface area contributed by atoms with Crippen LogP contribution in [-0.4, -0.2) is 28.5 Å². The van der Waals surface area contributed by atoms with E-state index in [1.54, 1.807) is 24.3 Å². The van der Waals surface area contributed by atoms with Gasteiger partial charge < -0.3 is 5.32 Å². The number of carbonyl (C=O) groups excluding carboxylic acids is 3. The lowest BCUT2D eigenvalue weighted by molar-refractivity contribution is -0.127. The minimum absolute atomic E-state index is 0.300. The topological polar surface area (TPSA) is 66.5 Å². The van der Waals surface area contributed by atoms with Crippen LogP contribution in [0.25, 0.3) is 6.08 Å². The van der Waals surface area contributed by atoms with Crippen molar-refractivity contribution in [3.63, 3.8) is 0 Å². The summed E-state index contributed by atoms with van der Waals surface area (Å²) in [4.78, 5) is 38.2. The molecule has 8 heteroatoms. The van der Waals surface area contributed by atoms with Gasteiger partial charge in [0, 0.05) is 10.2 Å². The summed E-state index contributed by atoms with van der Waals surface area (Å²) in [6.07, 6.45) is 1.67. The quantitative estimate of drug-likeness (QED) is 0.639. The van der Waals surface area contributed by atoms with Gasteiger partial charge in [-0.3, -0.25) is 19.3 Å². The van der Waals surface area contributed by atoms with Crippen molar-refractivity contribution in [2.24, 2.45) is 0 Å². The molecule has 1 aliphatic rings. The summed E-state index contributed by atoms with van der Waals surface area (Å²) < 4.78 is 0.703. The molecule has 1 aliphatic heterocycles. The number of aryl methyl sites for hydroxylation is 1. The molecule has 0 saturated carbocycles. The van der Waals surface area contributed by atoms with Gasteiger partial charge in [0.25, 0.3) is 11.1 Å².